The number of rotatable bonds is 8. The number of carbonyl (C=O) groups excluding carboxylic acids is 1. The zero-order valence-electron chi connectivity index (χ0n) is 15.4. The number of carboxylic acid groups (broad SMARTS) is 1. The molecule has 2 aliphatic rings. The molecule has 2 saturated carbocycles. The molecule has 2 rings (SSSR count). The van der Waals surface area contributed by atoms with Gasteiger partial charge in [0.15, 0.2) is 0 Å². The van der Waals surface area contributed by atoms with Gasteiger partial charge < -0.3 is 15.2 Å². The molecule has 0 aromatic rings. The Bertz CT molecular complexity index is 512. The number of nitro groups is 1. The molecule has 8 nitrogen and oxygen atoms in total. The lowest BCUT2D eigenvalue weighted by molar-refractivity contribution is -0.529. The third-order valence-electron chi connectivity index (χ3n) is 5.83. The number of methoxy groups -OCH3 is 1. The van der Waals surface area contributed by atoms with Crippen molar-refractivity contribution >= 4 is 11.9 Å². The maximum absolute atomic E-state index is 12.7. The van der Waals surface area contributed by atoms with Crippen LogP contribution in [0.25, 0.3) is 0 Å². The van der Waals surface area contributed by atoms with Crippen LogP contribution in [-0.2, 0) is 14.3 Å². The van der Waals surface area contributed by atoms with Crippen molar-refractivity contribution in [3.05, 3.63) is 10.1 Å². The average molecular weight is 370 g/mol. The molecule has 2 aliphatic carbocycles. The number of aliphatic carboxylic acids is 1. The first-order valence-corrected chi connectivity index (χ1v) is 9.59. The van der Waals surface area contributed by atoms with Crippen molar-refractivity contribution in [3.8, 4) is 0 Å². The van der Waals surface area contributed by atoms with Gasteiger partial charge in [-0.2, -0.15) is 0 Å². The summed E-state index contributed by atoms with van der Waals surface area (Å²) in [5.41, 5.74) is 0. The van der Waals surface area contributed by atoms with Crippen LogP contribution in [-0.4, -0.2) is 47.2 Å². The molecule has 0 bridgehead atoms. The van der Waals surface area contributed by atoms with Gasteiger partial charge in [-0.1, -0.05) is 12.8 Å². The van der Waals surface area contributed by atoms with Crippen molar-refractivity contribution in [1.29, 1.82) is 0 Å². The highest BCUT2D eigenvalue weighted by Crippen LogP contribution is 2.31. The molecule has 0 aromatic carbocycles. The minimum atomic E-state index is -0.762. The smallest absolute Gasteiger partial charge is 0.303 e. The van der Waals surface area contributed by atoms with Crippen molar-refractivity contribution in [2.75, 3.05) is 7.11 Å². The van der Waals surface area contributed by atoms with Crippen molar-refractivity contribution in [3.63, 3.8) is 0 Å². The van der Waals surface area contributed by atoms with Gasteiger partial charge >= 0.3 is 5.97 Å². The Labute approximate surface area is 153 Å². The number of carboxylic acids is 1. The van der Waals surface area contributed by atoms with E-state index in [1.165, 1.54) is 7.11 Å². The fraction of sp³-hybridized carbons (Fsp3) is 0.889. The first kappa shape index (κ1) is 20.6. The third kappa shape index (κ3) is 5.93. The third-order valence-corrected chi connectivity index (χ3v) is 5.83. The Hall–Kier alpha value is -1.70. The second-order valence-corrected chi connectivity index (χ2v) is 7.66. The second-order valence-electron chi connectivity index (χ2n) is 7.66. The summed E-state index contributed by atoms with van der Waals surface area (Å²) in [4.78, 5) is 34.0. The molecule has 0 heterocycles. The molecule has 2 fully saturated rings. The molecule has 5 atom stereocenters. The molecule has 0 aromatic heterocycles. The van der Waals surface area contributed by atoms with Gasteiger partial charge in [-0.05, 0) is 38.0 Å². The number of hydrogen-bond acceptors (Lipinski definition) is 5. The fourth-order valence-electron chi connectivity index (χ4n) is 4.39. The topological polar surface area (TPSA) is 119 Å². The maximum Gasteiger partial charge on any atom is 0.303 e. The molecule has 8 heteroatoms. The Morgan fingerprint density at radius 3 is 2.65 bits per heavy atom. The summed E-state index contributed by atoms with van der Waals surface area (Å²) >= 11 is 0. The highest BCUT2D eigenvalue weighted by Gasteiger charge is 2.40. The molecule has 26 heavy (non-hydrogen) atoms. The van der Waals surface area contributed by atoms with Crippen LogP contribution in [0.5, 0.6) is 0 Å². The molecule has 0 saturated heterocycles. The normalized spacial score (nSPS) is 32.0. The summed E-state index contributed by atoms with van der Waals surface area (Å²) in [6.07, 6.45) is 6.45. The van der Waals surface area contributed by atoms with Gasteiger partial charge in [-0.25, -0.2) is 0 Å². The zero-order chi connectivity index (χ0) is 19.1. The standard InChI is InChI=1S/C18H30N2O6/c1-26-16-11-14(20(24)25)8-9-15(16)18(23)19-13-6-2-4-12(10-13)5-3-7-17(21)22/h12-16H,2-11H2,1H3,(H,19,23)(H,21,22). The predicted octanol–water partition coefficient (Wildman–Crippen LogP) is 2.38. The van der Waals surface area contributed by atoms with Gasteiger partial charge in [0.1, 0.15) is 0 Å². The summed E-state index contributed by atoms with van der Waals surface area (Å²) in [7, 11) is 1.51. The number of amides is 1. The summed E-state index contributed by atoms with van der Waals surface area (Å²) in [6, 6.07) is -0.519. The Morgan fingerprint density at radius 1 is 1.23 bits per heavy atom. The van der Waals surface area contributed by atoms with Crippen LogP contribution in [0.15, 0.2) is 0 Å². The summed E-state index contributed by atoms with van der Waals surface area (Å²) in [6.45, 7) is 0. The summed E-state index contributed by atoms with van der Waals surface area (Å²) in [5, 5.41) is 22.9. The van der Waals surface area contributed by atoms with Crippen molar-refractivity contribution < 1.29 is 24.4 Å². The van der Waals surface area contributed by atoms with Crippen molar-refractivity contribution in [2.45, 2.75) is 82.4 Å². The monoisotopic (exact) mass is 370 g/mol. The van der Waals surface area contributed by atoms with E-state index in [0.29, 0.717) is 25.2 Å². The van der Waals surface area contributed by atoms with Gasteiger partial charge in [-0.3, -0.25) is 19.7 Å². The Kier molecular flexibility index (Phi) is 7.81. The highest BCUT2D eigenvalue weighted by atomic mass is 16.6. The SMILES string of the molecule is COC1CC([N+](=O)[O-])CCC1C(=O)NC1CCCC(CCCC(=O)O)C1. The van der Waals surface area contributed by atoms with E-state index >= 15 is 0 Å². The summed E-state index contributed by atoms with van der Waals surface area (Å²) < 4.78 is 5.37. The fourth-order valence-corrected chi connectivity index (χ4v) is 4.39. The van der Waals surface area contributed by atoms with Crippen LogP contribution in [0.4, 0.5) is 0 Å². The first-order valence-electron chi connectivity index (χ1n) is 9.59. The lowest BCUT2D eigenvalue weighted by atomic mass is 9.80. The number of nitrogens with zero attached hydrogens (tertiary/aromatic N) is 1. The van der Waals surface area contributed by atoms with Crippen molar-refractivity contribution in [2.24, 2.45) is 11.8 Å². The van der Waals surface area contributed by atoms with E-state index in [9.17, 15) is 19.7 Å². The number of carbonyl (C=O) groups is 2. The van der Waals surface area contributed by atoms with E-state index < -0.39 is 18.1 Å². The molecule has 2 N–H and O–H groups in total. The maximum atomic E-state index is 12.7. The minimum Gasteiger partial charge on any atom is -0.481 e. The van der Waals surface area contributed by atoms with Crippen LogP contribution in [0, 0.1) is 22.0 Å². The van der Waals surface area contributed by atoms with Crippen LogP contribution in [0.2, 0.25) is 0 Å². The molecule has 5 unspecified atom stereocenters. The van der Waals surface area contributed by atoms with Crippen LogP contribution in [0.1, 0.15) is 64.2 Å². The van der Waals surface area contributed by atoms with E-state index in [-0.39, 0.29) is 35.6 Å². The number of ether oxygens (including phenoxy) is 1. The second kappa shape index (κ2) is 9.85. The molecule has 0 aliphatic heterocycles. The molecule has 148 valence electrons. The minimum absolute atomic E-state index is 0.0603. The van der Waals surface area contributed by atoms with E-state index in [1.807, 2.05) is 0 Å². The quantitative estimate of drug-likeness (QED) is 0.500. The lowest BCUT2D eigenvalue weighted by Gasteiger charge is -2.34. The molecule has 0 spiro atoms. The van der Waals surface area contributed by atoms with Gasteiger partial charge in [0, 0.05) is 37.3 Å². The largest absolute Gasteiger partial charge is 0.481 e. The van der Waals surface area contributed by atoms with E-state index in [1.54, 1.807) is 0 Å². The van der Waals surface area contributed by atoms with E-state index in [4.69, 9.17) is 9.84 Å². The Balaban J connectivity index is 1.82. The predicted molar refractivity (Wildman–Crippen MR) is 94.3 cm³/mol. The number of nitrogens with one attached hydrogen (secondary N) is 1. The van der Waals surface area contributed by atoms with Gasteiger partial charge in [0.2, 0.25) is 11.9 Å². The number of hydrogen-bond donors (Lipinski definition) is 2. The van der Waals surface area contributed by atoms with E-state index in [0.717, 1.165) is 32.1 Å². The van der Waals surface area contributed by atoms with Gasteiger partial charge in [0.25, 0.3) is 0 Å². The zero-order valence-corrected chi connectivity index (χ0v) is 15.4. The first-order chi connectivity index (χ1) is 12.4. The van der Waals surface area contributed by atoms with Gasteiger partial charge in [0.05, 0.1) is 12.0 Å². The molecular weight excluding hydrogens is 340 g/mol. The van der Waals surface area contributed by atoms with Crippen molar-refractivity contribution in [1.82, 2.24) is 5.32 Å². The highest BCUT2D eigenvalue weighted by molar-refractivity contribution is 5.79. The summed E-state index contributed by atoms with van der Waals surface area (Å²) in [5.74, 6) is -0.697. The van der Waals surface area contributed by atoms with E-state index in [2.05, 4.69) is 5.32 Å². The lowest BCUT2D eigenvalue weighted by Crippen LogP contribution is -2.48. The van der Waals surface area contributed by atoms with Crippen LogP contribution >= 0.6 is 0 Å². The average Bonchev–Trinajstić information content (AvgIpc) is 2.61. The van der Waals surface area contributed by atoms with Crippen LogP contribution < -0.4 is 5.32 Å². The van der Waals surface area contributed by atoms with Crippen LogP contribution in [0.3, 0.4) is 0 Å². The molecule has 0 radical (unpaired) electrons. The molecular formula is C18H30N2O6. The molecule has 1 amide bonds. The Morgan fingerprint density at radius 2 is 2.00 bits per heavy atom. The van der Waals surface area contributed by atoms with Gasteiger partial charge in [-0.15, -0.1) is 0 Å².